The van der Waals surface area contributed by atoms with Crippen molar-refractivity contribution in [3.63, 3.8) is 0 Å². The van der Waals surface area contributed by atoms with Crippen LogP contribution >= 0.6 is 0 Å². The second-order valence-corrected chi connectivity index (χ2v) is 6.50. The lowest BCUT2D eigenvalue weighted by atomic mass is 9.74. The molecule has 0 aromatic rings. The molecule has 1 atom stereocenters. The first-order valence-corrected chi connectivity index (χ1v) is 8.27. The maximum Gasteiger partial charge on any atom is 0.0897 e. The van der Waals surface area contributed by atoms with Crippen LogP contribution in [0.4, 0.5) is 0 Å². The van der Waals surface area contributed by atoms with Gasteiger partial charge >= 0.3 is 0 Å². The van der Waals surface area contributed by atoms with E-state index in [-0.39, 0.29) is 18.1 Å². The highest BCUT2D eigenvalue weighted by Gasteiger charge is 2.30. The van der Waals surface area contributed by atoms with Crippen molar-refractivity contribution in [3.8, 4) is 0 Å². The van der Waals surface area contributed by atoms with E-state index in [0.29, 0.717) is 26.4 Å². The Hall–Kier alpha value is -0.200. The molecule has 5 nitrogen and oxygen atoms in total. The van der Waals surface area contributed by atoms with E-state index in [1.165, 1.54) is 19.3 Å². The average molecular weight is 303 g/mol. The summed E-state index contributed by atoms with van der Waals surface area (Å²) >= 11 is 0. The molecule has 3 N–H and O–H groups in total. The summed E-state index contributed by atoms with van der Waals surface area (Å²) in [5.74, 6) is 0. The molecule has 0 aromatic heterocycles. The van der Waals surface area contributed by atoms with Gasteiger partial charge in [0.15, 0.2) is 0 Å². The largest absolute Gasteiger partial charge is 0.396 e. The zero-order valence-corrected chi connectivity index (χ0v) is 13.6. The van der Waals surface area contributed by atoms with Gasteiger partial charge in [-0.15, -0.1) is 0 Å². The molecule has 1 aliphatic carbocycles. The van der Waals surface area contributed by atoms with Gasteiger partial charge in [0.2, 0.25) is 0 Å². The van der Waals surface area contributed by atoms with Gasteiger partial charge in [-0.3, -0.25) is 0 Å². The molecule has 1 unspecified atom stereocenters. The lowest BCUT2D eigenvalue weighted by Gasteiger charge is -2.36. The standard InChI is InChI=1S/C16H33NO4/c1-14(2)21-9-8-20-11-15(19)10-17-12-16(13-18)6-4-3-5-7-16/h14-15,17-19H,3-13H2,1-2H3. The molecule has 1 rings (SSSR count). The van der Waals surface area contributed by atoms with Crippen LogP contribution in [0.25, 0.3) is 0 Å². The molecular weight excluding hydrogens is 270 g/mol. The number of aliphatic hydroxyl groups excluding tert-OH is 2. The van der Waals surface area contributed by atoms with Crippen molar-refractivity contribution < 1.29 is 19.7 Å². The van der Waals surface area contributed by atoms with Crippen molar-refractivity contribution in [2.24, 2.45) is 5.41 Å². The average Bonchev–Trinajstić information content (AvgIpc) is 2.47. The van der Waals surface area contributed by atoms with Gasteiger partial charge in [-0.2, -0.15) is 0 Å². The van der Waals surface area contributed by atoms with Crippen molar-refractivity contribution >= 4 is 0 Å². The molecular formula is C16H33NO4. The van der Waals surface area contributed by atoms with Gasteiger partial charge < -0.3 is 25.0 Å². The summed E-state index contributed by atoms with van der Waals surface area (Å²) in [5.41, 5.74) is 0.0178. The fraction of sp³-hybridized carbons (Fsp3) is 1.00. The molecule has 0 saturated heterocycles. The summed E-state index contributed by atoms with van der Waals surface area (Å²) in [6.45, 7) is 6.88. The predicted octanol–water partition coefficient (Wildman–Crippen LogP) is 1.32. The highest BCUT2D eigenvalue weighted by atomic mass is 16.5. The van der Waals surface area contributed by atoms with Crippen LogP contribution in [0.1, 0.15) is 46.0 Å². The van der Waals surface area contributed by atoms with E-state index >= 15 is 0 Å². The van der Waals surface area contributed by atoms with E-state index in [9.17, 15) is 10.2 Å². The van der Waals surface area contributed by atoms with E-state index in [0.717, 1.165) is 19.4 Å². The number of aliphatic hydroxyl groups is 2. The predicted molar refractivity (Wildman–Crippen MR) is 83.4 cm³/mol. The van der Waals surface area contributed by atoms with Crippen molar-refractivity contribution in [3.05, 3.63) is 0 Å². The first kappa shape index (κ1) is 18.8. The van der Waals surface area contributed by atoms with E-state index in [1.807, 2.05) is 13.8 Å². The maximum absolute atomic E-state index is 9.85. The van der Waals surface area contributed by atoms with Gasteiger partial charge in [0.1, 0.15) is 0 Å². The molecule has 0 aliphatic heterocycles. The Bertz CT molecular complexity index is 255. The normalized spacial score (nSPS) is 19.9. The highest BCUT2D eigenvalue weighted by molar-refractivity contribution is 4.84. The van der Waals surface area contributed by atoms with Crippen molar-refractivity contribution in [1.82, 2.24) is 5.32 Å². The highest BCUT2D eigenvalue weighted by Crippen LogP contribution is 2.35. The van der Waals surface area contributed by atoms with Gasteiger partial charge in [-0.1, -0.05) is 19.3 Å². The fourth-order valence-corrected chi connectivity index (χ4v) is 2.82. The monoisotopic (exact) mass is 303 g/mol. The van der Waals surface area contributed by atoms with Crippen LogP contribution in [-0.4, -0.2) is 61.9 Å². The summed E-state index contributed by atoms with van der Waals surface area (Å²) < 4.78 is 10.7. The fourth-order valence-electron chi connectivity index (χ4n) is 2.82. The Labute approximate surface area is 129 Å². The van der Waals surface area contributed by atoms with Crippen LogP contribution in [0.5, 0.6) is 0 Å². The summed E-state index contributed by atoms with van der Waals surface area (Å²) in [5, 5.41) is 22.7. The molecule has 5 heteroatoms. The molecule has 1 fully saturated rings. The maximum atomic E-state index is 9.85. The number of rotatable bonds is 11. The minimum Gasteiger partial charge on any atom is -0.396 e. The second kappa shape index (κ2) is 10.5. The van der Waals surface area contributed by atoms with Crippen LogP contribution in [0.15, 0.2) is 0 Å². The van der Waals surface area contributed by atoms with E-state index in [2.05, 4.69) is 5.32 Å². The minimum absolute atomic E-state index is 0.0178. The van der Waals surface area contributed by atoms with Crippen molar-refractivity contribution in [2.75, 3.05) is 39.5 Å². The van der Waals surface area contributed by atoms with Gasteiger partial charge in [-0.25, -0.2) is 0 Å². The molecule has 1 saturated carbocycles. The van der Waals surface area contributed by atoms with Crippen LogP contribution in [0.3, 0.4) is 0 Å². The molecule has 0 spiro atoms. The Morgan fingerprint density at radius 1 is 1.14 bits per heavy atom. The van der Waals surface area contributed by atoms with Gasteiger partial charge in [0, 0.05) is 25.1 Å². The Balaban J connectivity index is 2.05. The van der Waals surface area contributed by atoms with Crippen LogP contribution in [0.2, 0.25) is 0 Å². The molecule has 0 radical (unpaired) electrons. The topological polar surface area (TPSA) is 71.0 Å². The van der Waals surface area contributed by atoms with E-state index in [4.69, 9.17) is 9.47 Å². The lowest BCUT2D eigenvalue weighted by molar-refractivity contribution is -0.0113. The molecule has 0 aromatic carbocycles. The van der Waals surface area contributed by atoms with Gasteiger partial charge in [0.25, 0.3) is 0 Å². The SMILES string of the molecule is CC(C)OCCOCC(O)CNCC1(CO)CCCCC1. The third-order valence-corrected chi connectivity index (χ3v) is 4.12. The number of hydrogen-bond acceptors (Lipinski definition) is 5. The van der Waals surface area contributed by atoms with Crippen LogP contribution in [-0.2, 0) is 9.47 Å². The molecule has 0 amide bonds. The minimum atomic E-state index is -0.511. The van der Waals surface area contributed by atoms with E-state index in [1.54, 1.807) is 0 Å². The third-order valence-electron chi connectivity index (χ3n) is 4.12. The van der Waals surface area contributed by atoms with Crippen LogP contribution in [0, 0.1) is 5.41 Å². The van der Waals surface area contributed by atoms with Crippen molar-refractivity contribution in [1.29, 1.82) is 0 Å². The van der Waals surface area contributed by atoms with Crippen molar-refractivity contribution in [2.45, 2.75) is 58.2 Å². The molecule has 126 valence electrons. The summed E-state index contributed by atoms with van der Waals surface area (Å²) in [6, 6.07) is 0. The zero-order chi connectivity index (χ0) is 15.6. The first-order valence-electron chi connectivity index (χ1n) is 8.27. The lowest BCUT2D eigenvalue weighted by Crippen LogP contribution is -2.42. The number of ether oxygens (including phenoxy) is 2. The van der Waals surface area contributed by atoms with Crippen LogP contribution < -0.4 is 5.32 Å². The van der Waals surface area contributed by atoms with Gasteiger partial charge in [-0.05, 0) is 26.7 Å². The Kier molecular flexibility index (Phi) is 9.44. The smallest absolute Gasteiger partial charge is 0.0897 e. The van der Waals surface area contributed by atoms with E-state index < -0.39 is 6.10 Å². The number of nitrogens with one attached hydrogen (secondary N) is 1. The first-order chi connectivity index (χ1) is 10.1. The zero-order valence-electron chi connectivity index (χ0n) is 13.6. The molecule has 21 heavy (non-hydrogen) atoms. The molecule has 0 heterocycles. The summed E-state index contributed by atoms with van der Waals surface area (Å²) in [4.78, 5) is 0. The summed E-state index contributed by atoms with van der Waals surface area (Å²) in [6.07, 6.45) is 5.53. The quantitative estimate of drug-likeness (QED) is 0.502. The molecule has 1 aliphatic rings. The molecule has 0 bridgehead atoms. The van der Waals surface area contributed by atoms with Gasteiger partial charge in [0.05, 0.1) is 32.0 Å². The third kappa shape index (κ3) is 8.12. The Morgan fingerprint density at radius 3 is 2.48 bits per heavy atom. The Morgan fingerprint density at radius 2 is 1.86 bits per heavy atom. The number of hydrogen-bond donors (Lipinski definition) is 3. The summed E-state index contributed by atoms with van der Waals surface area (Å²) in [7, 11) is 0. The second-order valence-electron chi connectivity index (χ2n) is 6.50.